The fourth-order valence-corrected chi connectivity index (χ4v) is 17.2. The molecule has 0 bridgehead atoms. The third-order valence-corrected chi connectivity index (χ3v) is 23.7. The molecular weight excluding hydrogens is 1470 g/mol. The van der Waals surface area contributed by atoms with Crippen LogP contribution in [0.2, 0.25) is 0 Å². The normalized spacial score (nSPS) is 11.6. The van der Waals surface area contributed by atoms with Gasteiger partial charge in [0.05, 0.1) is 27.8 Å². The minimum atomic E-state index is 0.485. The topological polar surface area (TPSA) is 150 Å². The molecule has 594 valence electrons. The first-order chi connectivity index (χ1) is 57.1. The molecule has 15 heterocycles. The summed E-state index contributed by atoms with van der Waals surface area (Å²) in [6.45, 7) is 36.7. The summed E-state index contributed by atoms with van der Waals surface area (Å²) in [6.07, 6.45) is 19.6. The quantitative estimate of drug-likeness (QED) is 0.141. The van der Waals surface area contributed by atoms with E-state index in [1.807, 2.05) is 30.3 Å². The second-order valence-electron chi connectivity index (χ2n) is 33.0. The van der Waals surface area contributed by atoms with E-state index in [0.717, 1.165) is 116 Å². The molecule has 0 aliphatic carbocycles. The van der Waals surface area contributed by atoms with Crippen molar-refractivity contribution in [1.82, 2.24) is 24.9 Å². The van der Waals surface area contributed by atoms with Crippen molar-refractivity contribution in [2.75, 3.05) is 0 Å². The van der Waals surface area contributed by atoms with Gasteiger partial charge in [-0.05, 0) is 235 Å². The minimum Gasteiger partial charge on any atom is -0.437 e. The number of fused-ring (bicyclic) bond motifs is 15. The number of hydrogen-bond acceptors (Lipinski definition) is 10. The van der Waals surface area contributed by atoms with E-state index in [-0.39, 0.29) is 0 Å². The lowest BCUT2D eigenvalue weighted by atomic mass is 9.95. The van der Waals surface area contributed by atoms with Crippen molar-refractivity contribution in [2.24, 2.45) is 35.2 Å². The van der Waals surface area contributed by atoms with Crippen molar-refractivity contribution in [2.45, 2.75) is 130 Å². The molecule has 119 heavy (non-hydrogen) atoms. The lowest BCUT2D eigenvalue weighted by Crippen LogP contribution is -2.31. The van der Waals surface area contributed by atoms with E-state index >= 15 is 0 Å². The number of benzene rings is 5. The fourth-order valence-electron chi connectivity index (χ4n) is 17.2. The molecule has 20 rings (SSSR count). The Morgan fingerprint density at radius 3 is 0.891 bits per heavy atom. The van der Waals surface area contributed by atoms with Crippen LogP contribution in [-0.2, 0) is 35.2 Å². The maximum absolute atomic E-state index is 6.23. The lowest BCUT2D eigenvalue weighted by Gasteiger charge is -2.10. The summed E-state index contributed by atoms with van der Waals surface area (Å²) in [5, 5.41) is 11.1. The Hall–Kier alpha value is -13.4. The van der Waals surface area contributed by atoms with Crippen LogP contribution in [0.1, 0.15) is 123 Å². The van der Waals surface area contributed by atoms with E-state index < -0.39 is 0 Å². The highest BCUT2D eigenvalue weighted by Crippen LogP contribution is 2.44. The van der Waals surface area contributed by atoms with Gasteiger partial charge in [0.25, 0.3) is 0 Å². The zero-order valence-corrected chi connectivity index (χ0v) is 72.4. The van der Waals surface area contributed by atoms with Gasteiger partial charge < -0.3 is 22.1 Å². The van der Waals surface area contributed by atoms with Crippen LogP contribution in [0, 0.1) is 90.0 Å². The molecule has 15 nitrogen and oxygen atoms in total. The summed E-state index contributed by atoms with van der Waals surface area (Å²) in [7, 11) is 10.4. The Balaban J connectivity index is 0.000000111. The first kappa shape index (κ1) is 79.4. The van der Waals surface area contributed by atoms with Gasteiger partial charge in [-0.1, -0.05) is 70.2 Å². The molecule has 0 fully saturated rings. The summed E-state index contributed by atoms with van der Waals surface area (Å²) in [4.78, 5) is 22.0. The van der Waals surface area contributed by atoms with Crippen LogP contribution in [0.5, 0.6) is 0 Å². The fraction of sp³-hybridized carbons (Fsp3) is 0.231. The minimum absolute atomic E-state index is 0.485. The number of pyridine rings is 10. The zero-order valence-electron chi connectivity index (χ0n) is 72.4. The Kier molecular flexibility index (Phi) is 21.3. The summed E-state index contributed by atoms with van der Waals surface area (Å²) in [5.74, 6) is 0.973. The van der Waals surface area contributed by atoms with E-state index in [1.54, 1.807) is 31.0 Å². The van der Waals surface area contributed by atoms with Gasteiger partial charge in [0.1, 0.15) is 35.2 Å². The number of aryl methyl sites for hydroxylation is 18. The maximum Gasteiger partial charge on any atom is 0.227 e. The molecular formula is C104H103N10O5+5. The Bertz CT molecular complexity index is 7430. The largest absolute Gasteiger partial charge is 0.437 e. The van der Waals surface area contributed by atoms with Crippen molar-refractivity contribution >= 4 is 110 Å². The average Bonchev–Trinajstić information content (AvgIpc) is 1.63. The molecule has 0 N–H and O–H groups in total. The second kappa shape index (κ2) is 31.9. The van der Waals surface area contributed by atoms with Crippen molar-refractivity contribution in [3.8, 4) is 56.3 Å². The van der Waals surface area contributed by atoms with Crippen molar-refractivity contribution < 1.29 is 44.9 Å². The highest BCUT2D eigenvalue weighted by molar-refractivity contribution is 6.14. The molecule has 15 heteroatoms. The monoisotopic (exact) mass is 1570 g/mol. The lowest BCUT2D eigenvalue weighted by molar-refractivity contribution is -0.660. The summed E-state index contributed by atoms with van der Waals surface area (Å²) < 4.78 is 41.7. The van der Waals surface area contributed by atoms with Crippen molar-refractivity contribution in [3.63, 3.8) is 0 Å². The third kappa shape index (κ3) is 14.6. The van der Waals surface area contributed by atoms with Gasteiger partial charge in [0.15, 0.2) is 58.9 Å². The molecule has 20 aromatic rings. The average molecular weight is 1570 g/mol. The molecule has 0 amide bonds. The molecule has 0 saturated carbocycles. The zero-order chi connectivity index (χ0) is 83.8. The van der Waals surface area contributed by atoms with E-state index in [4.69, 9.17) is 22.1 Å². The molecule has 0 atom stereocenters. The molecule has 0 radical (unpaired) electrons. The summed E-state index contributed by atoms with van der Waals surface area (Å²) >= 11 is 0. The van der Waals surface area contributed by atoms with Gasteiger partial charge in [0, 0.05) is 144 Å². The molecule has 0 aliphatic rings. The van der Waals surface area contributed by atoms with Crippen molar-refractivity contribution in [3.05, 3.63) is 297 Å². The Morgan fingerprint density at radius 1 is 0.244 bits per heavy atom. The van der Waals surface area contributed by atoms with Crippen LogP contribution >= 0.6 is 0 Å². The molecule has 0 saturated heterocycles. The number of rotatable bonds is 7. The van der Waals surface area contributed by atoms with E-state index in [2.05, 4.69) is 353 Å². The van der Waals surface area contributed by atoms with Gasteiger partial charge in [0.2, 0.25) is 57.0 Å². The molecule has 15 aromatic heterocycles. The highest BCUT2D eigenvalue weighted by Gasteiger charge is 2.29. The van der Waals surface area contributed by atoms with Crippen LogP contribution in [0.4, 0.5) is 0 Å². The van der Waals surface area contributed by atoms with Gasteiger partial charge in [-0.25, -0.2) is 47.8 Å². The van der Waals surface area contributed by atoms with E-state index in [1.165, 1.54) is 106 Å². The third-order valence-electron chi connectivity index (χ3n) is 23.7. The van der Waals surface area contributed by atoms with E-state index in [9.17, 15) is 0 Å². The number of hydrogen-bond donors (Lipinski definition) is 0. The molecule has 5 aromatic carbocycles. The standard InChI is InChI=1S/C22H23N2O.2C21H21N2O.2C20H19N2O/c1-13(2)16-8-10-24(5)18(12-16)20-15(4)11-14(3)19-17-7-6-9-23-22(17)25-21(19)20;1-12-10-17(23(5)11-15(12)4)19-14(3)9-13(2)18-16-7-6-8-22-21(16)24-20(18)19;1-13(2)15-9-11-23(4)18(12-15)19-14(3)7-8-16-17-6-5-10-22-21(17)24-20(16)19;1-12-7-8-15-16-6-5-9-21-20(16)23-19(15)18(12)17-10-13(2)14(3)11-22(17)4;1-12-7-8-16(22(4)11-12)18-14(3)10-13(2)17-15-6-5-9-21-20(15)23-19(17)18/h6-13H,1-5H3;6-11H,1-5H3;5-13H,1-4H3;2*5-11H,1-4H3/q5*+1. The van der Waals surface area contributed by atoms with Gasteiger partial charge in [-0.15, -0.1) is 0 Å². The number of nitrogens with zero attached hydrogens (tertiary/aromatic N) is 10. The SMILES string of the molecule is Cc1cc(-c2c(C)cc(C)c3c2oc2ncccc23)[n+](C)cc1C.Cc1cc(-c2c(C)ccc3c2oc2ncccc23)[n+](C)cc1C.Cc1cc(C)c2c(oc3ncccc32)c1-c1cc(C(C)C)cc[n+]1C.Cc1ccc(-c2c(C)cc(C)c3c2oc2ncccc23)[n+](C)c1.Cc1ccc2c(oc3ncccc32)c1-c1cc(C(C)C)cc[n+]1C. The van der Waals surface area contributed by atoms with Crippen LogP contribution < -0.4 is 22.8 Å². The summed E-state index contributed by atoms with van der Waals surface area (Å²) in [6, 6.07) is 53.2. The van der Waals surface area contributed by atoms with Gasteiger partial charge >= 0.3 is 0 Å². The highest BCUT2D eigenvalue weighted by atomic mass is 16.4. The van der Waals surface area contributed by atoms with Crippen LogP contribution in [0.25, 0.3) is 167 Å². The van der Waals surface area contributed by atoms with Crippen LogP contribution in [-0.4, -0.2) is 24.9 Å². The van der Waals surface area contributed by atoms with Gasteiger partial charge in [-0.3, -0.25) is 0 Å². The predicted molar refractivity (Wildman–Crippen MR) is 480 cm³/mol. The maximum atomic E-state index is 6.23. The van der Waals surface area contributed by atoms with E-state index in [0.29, 0.717) is 40.4 Å². The first-order valence-corrected chi connectivity index (χ1v) is 40.9. The van der Waals surface area contributed by atoms with Crippen LogP contribution in [0.3, 0.4) is 0 Å². The first-order valence-electron chi connectivity index (χ1n) is 40.9. The summed E-state index contributed by atoms with van der Waals surface area (Å²) in [5.41, 5.74) is 38.5. The molecule has 0 unspecified atom stereocenters. The van der Waals surface area contributed by atoms with Crippen molar-refractivity contribution in [1.29, 1.82) is 0 Å². The molecule has 0 aliphatic heterocycles. The Morgan fingerprint density at radius 2 is 0.546 bits per heavy atom. The number of aromatic nitrogens is 10. The number of furan rings is 5. The Labute approximate surface area is 694 Å². The van der Waals surface area contributed by atoms with Gasteiger partial charge in [-0.2, -0.15) is 0 Å². The predicted octanol–water partition coefficient (Wildman–Crippen LogP) is 23.6. The second-order valence-corrected chi connectivity index (χ2v) is 33.0. The smallest absolute Gasteiger partial charge is 0.227 e. The molecule has 0 spiro atoms. The van der Waals surface area contributed by atoms with Crippen LogP contribution in [0.15, 0.2) is 236 Å².